The Morgan fingerprint density at radius 2 is 1.94 bits per heavy atom. The Morgan fingerprint density at radius 1 is 1.39 bits per heavy atom. The summed E-state index contributed by atoms with van der Waals surface area (Å²) in [4.78, 5) is 25.6. The molecule has 2 rings (SSSR count). The Hall–Kier alpha value is -1.36. The second-order valence-corrected chi connectivity index (χ2v) is 5.38. The van der Waals surface area contributed by atoms with Crippen LogP contribution in [0.5, 0.6) is 0 Å². The lowest BCUT2D eigenvalue weighted by Gasteiger charge is -2.40. The summed E-state index contributed by atoms with van der Waals surface area (Å²) in [5.74, 6) is -0.932. The minimum absolute atomic E-state index is 0.375. The predicted octanol–water partition coefficient (Wildman–Crippen LogP) is 0.588. The lowest BCUT2D eigenvalue weighted by Crippen LogP contribution is -2.49. The number of hydrogen-bond donors (Lipinski definition) is 1. The molecule has 5 heteroatoms. The summed E-state index contributed by atoms with van der Waals surface area (Å²) < 4.78 is 5.46. The van der Waals surface area contributed by atoms with Crippen molar-refractivity contribution >= 4 is 11.9 Å². The summed E-state index contributed by atoms with van der Waals surface area (Å²) in [5.41, 5.74) is 5.40. The van der Waals surface area contributed by atoms with Gasteiger partial charge < -0.3 is 15.4 Å². The molecule has 2 N–H and O–H groups in total. The first-order chi connectivity index (χ1) is 8.37. The van der Waals surface area contributed by atoms with Crippen LogP contribution in [0.15, 0.2) is 11.1 Å². The highest BCUT2D eigenvalue weighted by Gasteiger charge is 2.50. The topological polar surface area (TPSA) is 72.6 Å². The van der Waals surface area contributed by atoms with Crippen LogP contribution < -0.4 is 5.73 Å². The normalized spacial score (nSPS) is 23.9. The minimum Gasteiger partial charge on any atom is -0.450 e. The molecular weight excluding hydrogens is 232 g/mol. The average molecular weight is 252 g/mol. The third kappa shape index (κ3) is 1.92. The smallest absolute Gasteiger partial charge is 0.335 e. The molecule has 0 aliphatic carbocycles. The molecule has 2 aliphatic rings. The maximum absolute atomic E-state index is 11.7. The van der Waals surface area contributed by atoms with Crippen LogP contribution in [0.4, 0.5) is 0 Å². The number of ether oxygens (including phenoxy) is 1. The predicted molar refractivity (Wildman–Crippen MR) is 66.7 cm³/mol. The maximum atomic E-state index is 11.7. The van der Waals surface area contributed by atoms with Gasteiger partial charge in [-0.25, -0.2) is 4.79 Å². The Labute approximate surface area is 107 Å². The van der Waals surface area contributed by atoms with Crippen LogP contribution in [0.1, 0.15) is 33.6 Å². The van der Waals surface area contributed by atoms with Gasteiger partial charge >= 0.3 is 5.97 Å². The number of primary amides is 1. The van der Waals surface area contributed by atoms with Gasteiger partial charge in [-0.05, 0) is 20.8 Å². The van der Waals surface area contributed by atoms with Crippen molar-refractivity contribution in [3.05, 3.63) is 11.1 Å². The van der Waals surface area contributed by atoms with Crippen LogP contribution in [0, 0.1) is 0 Å². The lowest BCUT2D eigenvalue weighted by atomic mass is 9.82. The van der Waals surface area contributed by atoms with Crippen molar-refractivity contribution in [2.45, 2.75) is 45.3 Å². The van der Waals surface area contributed by atoms with Crippen molar-refractivity contribution in [3.63, 3.8) is 0 Å². The molecule has 0 saturated carbocycles. The van der Waals surface area contributed by atoms with Gasteiger partial charge in [0.05, 0.1) is 5.57 Å². The van der Waals surface area contributed by atoms with E-state index in [0.29, 0.717) is 30.0 Å². The molecule has 18 heavy (non-hydrogen) atoms. The SMILES string of the molecule is CC1=C(C(N)=O)C2(CCN(C(C)C)CC2)OC1=O. The molecule has 0 radical (unpaired) electrons. The zero-order valence-electron chi connectivity index (χ0n) is 11.2. The van der Waals surface area contributed by atoms with E-state index in [9.17, 15) is 9.59 Å². The highest BCUT2D eigenvalue weighted by Crippen LogP contribution is 2.40. The number of likely N-dealkylation sites (tertiary alicyclic amines) is 1. The number of piperidine rings is 1. The first-order valence-electron chi connectivity index (χ1n) is 6.36. The van der Waals surface area contributed by atoms with E-state index in [0.717, 1.165) is 13.1 Å². The number of esters is 1. The number of amides is 1. The Bertz CT molecular complexity index is 418. The van der Waals surface area contributed by atoms with E-state index < -0.39 is 17.5 Å². The van der Waals surface area contributed by atoms with E-state index in [1.54, 1.807) is 6.92 Å². The number of rotatable bonds is 2. The van der Waals surface area contributed by atoms with Crippen LogP contribution in [0.2, 0.25) is 0 Å². The van der Waals surface area contributed by atoms with Crippen molar-refractivity contribution in [2.24, 2.45) is 5.73 Å². The molecule has 2 aliphatic heterocycles. The molecule has 0 atom stereocenters. The van der Waals surface area contributed by atoms with Gasteiger partial charge in [0, 0.05) is 37.5 Å². The molecule has 1 fully saturated rings. The van der Waals surface area contributed by atoms with Crippen molar-refractivity contribution in [2.75, 3.05) is 13.1 Å². The molecule has 0 aromatic carbocycles. The van der Waals surface area contributed by atoms with Gasteiger partial charge in [0.15, 0.2) is 0 Å². The molecule has 0 aromatic heterocycles. The summed E-state index contributed by atoms with van der Waals surface area (Å²) in [7, 11) is 0. The van der Waals surface area contributed by atoms with Crippen LogP contribution in [0.3, 0.4) is 0 Å². The largest absolute Gasteiger partial charge is 0.450 e. The second kappa shape index (κ2) is 4.39. The van der Waals surface area contributed by atoms with Gasteiger partial charge in [-0.3, -0.25) is 4.79 Å². The highest BCUT2D eigenvalue weighted by atomic mass is 16.6. The van der Waals surface area contributed by atoms with Crippen LogP contribution in [-0.4, -0.2) is 41.5 Å². The Kier molecular flexibility index (Phi) is 3.19. The molecule has 1 spiro atoms. The van der Waals surface area contributed by atoms with Crippen molar-refractivity contribution in [3.8, 4) is 0 Å². The van der Waals surface area contributed by atoms with E-state index in [1.165, 1.54) is 0 Å². The zero-order valence-corrected chi connectivity index (χ0v) is 11.2. The Balaban J connectivity index is 2.24. The third-order valence-electron chi connectivity index (χ3n) is 4.01. The minimum atomic E-state index is -0.765. The standard InChI is InChI=1S/C13H20N2O3/c1-8(2)15-6-4-13(5-7-15)10(11(14)16)9(3)12(17)18-13/h8H,4-7H2,1-3H3,(H2,14,16). The molecule has 1 amide bonds. The van der Waals surface area contributed by atoms with E-state index in [1.807, 2.05) is 0 Å². The molecule has 1 saturated heterocycles. The molecule has 0 aromatic rings. The third-order valence-corrected chi connectivity index (χ3v) is 4.01. The molecule has 0 unspecified atom stereocenters. The van der Waals surface area contributed by atoms with Crippen LogP contribution in [-0.2, 0) is 14.3 Å². The quantitative estimate of drug-likeness (QED) is 0.730. The summed E-state index contributed by atoms with van der Waals surface area (Å²) in [5, 5.41) is 0. The first-order valence-corrected chi connectivity index (χ1v) is 6.36. The Morgan fingerprint density at radius 3 is 2.39 bits per heavy atom. The van der Waals surface area contributed by atoms with E-state index in [-0.39, 0.29) is 0 Å². The number of nitrogens with zero attached hydrogens (tertiary/aromatic N) is 1. The summed E-state index contributed by atoms with van der Waals surface area (Å²) >= 11 is 0. The second-order valence-electron chi connectivity index (χ2n) is 5.38. The fourth-order valence-electron chi connectivity index (χ4n) is 2.91. The average Bonchev–Trinajstić information content (AvgIpc) is 2.51. The van der Waals surface area contributed by atoms with Gasteiger partial charge in [-0.1, -0.05) is 0 Å². The summed E-state index contributed by atoms with van der Waals surface area (Å²) in [6.45, 7) is 7.51. The number of nitrogens with two attached hydrogens (primary N) is 1. The number of carbonyl (C=O) groups is 2. The molecule has 5 nitrogen and oxygen atoms in total. The summed E-state index contributed by atoms with van der Waals surface area (Å²) in [6, 6.07) is 0.460. The zero-order chi connectivity index (χ0) is 13.5. The maximum Gasteiger partial charge on any atom is 0.335 e. The number of hydrogen-bond acceptors (Lipinski definition) is 4. The van der Waals surface area contributed by atoms with Crippen molar-refractivity contribution in [1.29, 1.82) is 0 Å². The van der Waals surface area contributed by atoms with E-state index >= 15 is 0 Å². The molecular formula is C13H20N2O3. The van der Waals surface area contributed by atoms with E-state index in [2.05, 4.69) is 18.7 Å². The lowest BCUT2D eigenvalue weighted by molar-refractivity contribution is -0.151. The molecule has 2 heterocycles. The van der Waals surface area contributed by atoms with Gasteiger partial charge in [-0.2, -0.15) is 0 Å². The summed E-state index contributed by atoms with van der Waals surface area (Å²) in [6.07, 6.45) is 1.29. The van der Waals surface area contributed by atoms with Gasteiger partial charge in [0.1, 0.15) is 5.60 Å². The van der Waals surface area contributed by atoms with Gasteiger partial charge in [-0.15, -0.1) is 0 Å². The fraction of sp³-hybridized carbons (Fsp3) is 0.692. The number of carbonyl (C=O) groups excluding carboxylic acids is 2. The van der Waals surface area contributed by atoms with Gasteiger partial charge in [0.2, 0.25) is 5.91 Å². The van der Waals surface area contributed by atoms with Crippen molar-refractivity contribution in [1.82, 2.24) is 4.90 Å². The van der Waals surface area contributed by atoms with Crippen molar-refractivity contribution < 1.29 is 14.3 Å². The fourth-order valence-corrected chi connectivity index (χ4v) is 2.91. The van der Waals surface area contributed by atoms with Gasteiger partial charge in [0.25, 0.3) is 0 Å². The monoisotopic (exact) mass is 252 g/mol. The van der Waals surface area contributed by atoms with Crippen LogP contribution in [0.25, 0.3) is 0 Å². The highest BCUT2D eigenvalue weighted by molar-refractivity contribution is 6.06. The molecule has 0 bridgehead atoms. The van der Waals surface area contributed by atoms with E-state index in [4.69, 9.17) is 10.5 Å². The first kappa shape index (κ1) is 13.1. The van der Waals surface area contributed by atoms with Crippen LogP contribution >= 0.6 is 0 Å². The molecule has 100 valence electrons.